The van der Waals surface area contributed by atoms with E-state index < -0.39 is 29.7 Å². The van der Waals surface area contributed by atoms with Gasteiger partial charge < -0.3 is 14.6 Å². The lowest BCUT2D eigenvalue weighted by atomic mass is 9.81. The Kier molecular flexibility index (Phi) is 6.56. The summed E-state index contributed by atoms with van der Waals surface area (Å²) in [5.41, 5.74) is -0.0552. The smallest absolute Gasteiger partial charge is 0.338 e. The Labute approximate surface area is 207 Å². The third-order valence-corrected chi connectivity index (χ3v) is 8.40. The van der Waals surface area contributed by atoms with Gasteiger partial charge in [-0.2, -0.15) is 0 Å². The number of benzene rings is 1. The van der Waals surface area contributed by atoms with Crippen molar-refractivity contribution < 1.29 is 29.0 Å². The Hall–Kier alpha value is -2.73. The maximum atomic E-state index is 13.7. The number of allylic oxidation sites excluding steroid dienone is 1. The first-order valence-corrected chi connectivity index (χ1v) is 12.4. The summed E-state index contributed by atoms with van der Waals surface area (Å²) in [7, 11) is 0. The van der Waals surface area contributed by atoms with Crippen LogP contribution in [0.3, 0.4) is 0 Å². The van der Waals surface area contributed by atoms with Gasteiger partial charge in [0.25, 0.3) is 0 Å². The summed E-state index contributed by atoms with van der Waals surface area (Å²) in [5.74, 6) is -1.81. The van der Waals surface area contributed by atoms with Crippen molar-refractivity contribution in [3.8, 4) is 0 Å². The Balaban J connectivity index is 1.76. The molecule has 3 aliphatic carbocycles. The zero-order chi connectivity index (χ0) is 25.7. The van der Waals surface area contributed by atoms with Gasteiger partial charge in [-0.15, -0.1) is 0 Å². The highest BCUT2D eigenvalue weighted by Crippen LogP contribution is 2.62. The van der Waals surface area contributed by atoms with Crippen LogP contribution in [0.1, 0.15) is 64.7 Å². The molecule has 3 aliphatic rings. The Morgan fingerprint density at radius 3 is 2.31 bits per heavy atom. The van der Waals surface area contributed by atoms with Gasteiger partial charge in [0.05, 0.1) is 11.5 Å². The summed E-state index contributed by atoms with van der Waals surface area (Å²) in [6, 6.07) is 8.69. The number of carbonyl (C=O) groups is 3. The van der Waals surface area contributed by atoms with Crippen molar-refractivity contribution >= 4 is 17.7 Å². The second kappa shape index (κ2) is 9.05. The van der Waals surface area contributed by atoms with Crippen LogP contribution in [0.4, 0.5) is 0 Å². The molecule has 1 N–H and O–H groups in total. The quantitative estimate of drug-likeness (QED) is 0.500. The molecule has 0 bridgehead atoms. The summed E-state index contributed by atoms with van der Waals surface area (Å²) in [5, 5.41) is 11.9. The number of hydrogen-bond acceptors (Lipinski definition) is 6. The van der Waals surface area contributed by atoms with E-state index in [2.05, 4.69) is 13.8 Å². The van der Waals surface area contributed by atoms with E-state index in [-0.39, 0.29) is 41.3 Å². The van der Waals surface area contributed by atoms with Crippen LogP contribution in [0.2, 0.25) is 0 Å². The van der Waals surface area contributed by atoms with Gasteiger partial charge in [0.1, 0.15) is 17.8 Å². The van der Waals surface area contributed by atoms with E-state index in [1.807, 2.05) is 26.0 Å². The van der Waals surface area contributed by atoms with Crippen LogP contribution in [0.15, 0.2) is 53.6 Å². The summed E-state index contributed by atoms with van der Waals surface area (Å²) in [6.07, 6.45) is 3.40. The van der Waals surface area contributed by atoms with E-state index in [1.54, 1.807) is 37.3 Å². The average molecular weight is 481 g/mol. The first-order chi connectivity index (χ1) is 16.4. The van der Waals surface area contributed by atoms with Crippen LogP contribution in [0.25, 0.3) is 0 Å². The number of ether oxygens (including phenoxy) is 2. The van der Waals surface area contributed by atoms with Crippen LogP contribution < -0.4 is 0 Å². The molecule has 2 fully saturated rings. The molecule has 6 heteroatoms. The Morgan fingerprint density at radius 1 is 1.03 bits per heavy atom. The summed E-state index contributed by atoms with van der Waals surface area (Å²) in [6.45, 7) is 11.2. The highest BCUT2D eigenvalue weighted by molar-refractivity contribution is 6.02. The second-order valence-electron chi connectivity index (χ2n) is 11.2. The van der Waals surface area contributed by atoms with Crippen LogP contribution >= 0.6 is 0 Å². The Morgan fingerprint density at radius 2 is 1.69 bits per heavy atom. The van der Waals surface area contributed by atoms with Crippen molar-refractivity contribution in [2.75, 3.05) is 0 Å². The van der Waals surface area contributed by atoms with Gasteiger partial charge in [0.2, 0.25) is 0 Å². The van der Waals surface area contributed by atoms with Gasteiger partial charge in [-0.1, -0.05) is 51.1 Å². The number of ketones is 1. The van der Waals surface area contributed by atoms with Crippen LogP contribution in [-0.2, 0) is 19.1 Å². The maximum absolute atomic E-state index is 13.7. The maximum Gasteiger partial charge on any atom is 0.338 e. The van der Waals surface area contributed by atoms with Crippen molar-refractivity contribution in [1.82, 2.24) is 0 Å². The van der Waals surface area contributed by atoms with Gasteiger partial charge in [0, 0.05) is 6.92 Å². The molecule has 7 atom stereocenters. The van der Waals surface area contributed by atoms with Crippen LogP contribution in [0, 0.1) is 29.1 Å². The molecule has 0 spiro atoms. The average Bonchev–Trinajstić information content (AvgIpc) is 3.20. The zero-order valence-electron chi connectivity index (χ0n) is 21.4. The number of carbonyl (C=O) groups excluding carboxylic acids is 3. The van der Waals surface area contributed by atoms with Gasteiger partial charge in [-0.3, -0.25) is 9.59 Å². The number of rotatable bonds is 3. The lowest BCUT2D eigenvalue weighted by molar-refractivity contribution is -0.145. The molecule has 0 aliphatic heterocycles. The van der Waals surface area contributed by atoms with Crippen molar-refractivity contribution in [3.05, 3.63) is 59.2 Å². The molecule has 0 heterocycles. The SMILES string of the molecule is CC(=O)O[C@@H]1C[C@@H]2[C@H](/C=C(\C)C(=O)[C@]3(O)C[C@H](C)[C@@H](OC(=O)c4ccccc4)[C@H]3/C=C\1C)C2(C)C. The molecule has 0 saturated heterocycles. The van der Waals surface area contributed by atoms with Gasteiger partial charge in [-0.05, 0) is 73.1 Å². The molecular weight excluding hydrogens is 444 g/mol. The fourth-order valence-corrected chi connectivity index (χ4v) is 6.20. The first kappa shape index (κ1) is 25.4. The van der Waals surface area contributed by atoms with E-state index in [9.17, 15) is 19.5 Å². The minimum Gasteiger partial charge on any atom is -0.458 e. The third-order valence-electron chi connectivity index (χ3n) is 8.40. The summed E-state index contributed by atoms with van der Waals surface area (Å²) in [4.78, 5) is 38.6. The monoisotopic (exact) mass is 480 g/mol. The summed E-state index contributed by atoms with van der Waals surface area (Å²) < 4.78 is 11.6. The second-order valence-corrected chi connectivity index (χ2v) is 11.2. The fourth-order valence-electron chi connectivity index (χ4n) is 6.20. The standard InChI is InChI=1S/C29H36O6/c1-16-12-23-25(35-27(32)20-10-8-7-9-11-20)18(3)15-29(23,33)26(31)17(2)13-21-22(28(21,5)6)14-24(16)34-19(4)30/h7-13,18,21-25,33H,14-15H2,1-6H3/b16-12-,17-13+/t18-,21-,22+,23+,24+,25+,29-/m0/s1. The molecule has 4 rings (SSSR count). The Bertz CT molecular complexity index is 1080. The van der Waals surface area contributed by atoms with Crippen molar-refractivity contribution in [1.29, 1.82) is 0 Å². The van der Waals surface area contributed by atoms with Gasteiger partial charge in [-0.25, -0.2) is 4.79 Å². The van der Waals surface area contributed by atoms with Crippen LogP contribution in [0.5, 0.6) is 0 Å². The number of aliphatic hydroxyl groups is 1. The molecule has 0 radical (unpaired) electrons. The minimum atomic E-state index is -1.72. The molecule has 1 aromatic rings. The van der Waals surface area contributed by atoms with Crippen molar-refractivity contribution in [2.45, 2.75) is 72.2 Å². The van der Waals surface area contributed by atoms with Crippen LogP contribution in [-0.4, -0.2) is 40.6 Å². The largest absolute Gasteiger partial charge is 0.458 e. The number of esters is 2. The first-order valence-electron chi connectivity index (χ1n) is 12.4. The highest BCUT2D eigenvalue weighted by Gasteiger charge is 2.60. The lowest BCUT2D eigenvalue weighted by Gasteiger charge is -2.31. The highest BCUT2D eigenvalue weighted by atomic mass is 16.5. The third kappa shape index (κ3) is 4.61. The molecule has 2 saturated carbocycles. The molecule has 1 aromatic carbocycles. The molecule has 188 valence electrons. The molecule has 0 aromatic heterocycles. The number of fused-ring (bicyclic) bond motifs is 2. The molecule has 35 heavy (non-hydrogen) atoms. The molecule has 6 nitrogen and oxygen atoms in total. The lowest BCUT2D eigenvalue weighted by Crippen LogP contribution is -2.45. The van der Waals surface area contributed by atoms with E-state index in [4.69, 9.17) is 9.47 Å². The fraction of sp³-hybridized carbons (Fsp3) is 0.552. The molecular formula is C29H36O6. The van der Waals surface area contributed by atoms with Gasteiger partial charge >= 0.3 is 11.9 Å². The van der Waals surface area contributed by atoms with E-state index in [0.29, 0.717) is 17.6 Å². The predicted octanol–water partition coefficient (Wildman–Crippen LogP) is 4.67. The predicted molar refractivity (Wildman–Crippen MR) is 131 cm³/mol. The van der Waals surface area contributed by atoms with E-state index >= 15 is 0 Å². The summed E-state index contributed by atoms with van der Waals surface area (Å²) >= 11 is 0. The molecule has 0 amide bonds. The molecule has 0 unspecified atom stereocenters. The van der Waals surface area contributed by atoms with Crippen molar-refractivity contribution in [3.63, 3.8) is 0 Å². The van der Waals surface area contributed by atoms with Gasteiger partial charge in [0.15, 0.2) is 5.78 Å². The van der Waals surface area contributed by atoms with Crippen molar-refractivity contribution in [2.24, 2.45) is 29.1 Å². The van der Waals surface area contributed by atoms with E-state index in [1.165, 1.54) is 6.92 Å². The van der Waals surface area contributed by atoms with E-state index in [0.717, 1.165) is 5.57 Å². The normalized spacial score (nSPS) is 39.0. The zero-order valence-corrected chi connectivity index (χ0v) is 21.4. The minimum absolute atomic E-state index is 0.0296. The number of Topliss-reactive ketones (excluding diaryl/α,β-unsaturated/α-hetero) is 1. The topological polar surface area (TPSA) is 89.9 Å². The number of hydrogen-bond donors (Lipinski definition) is 1.